The average Bonchev–Trinajstić information content (AvgIpc) is 2.65. The fraction of sp³-hybridized carbons (Fsp3) is 0.350. The van der Waals surface area contributed by atoms with Crippen LogP contribution in [0.2, 0.25) is 5.02 Å². The Labute approximate surface area is 172 Å². The van der Waals surface area contributed by atoms with E-state index in [1.807, 2.05) is 43.3 Å². The highest BCUT2D eigenvalue weighted by Crippen LogP contribution is 2.25. The molecule has 2 aromatic carbocycles. The molecule has 8 heteroatoms. The lowest BCUT2D eigenvalue weighted by Gasteiger charge is -2.26. The van der Waals surface area contributed by atoms with Gasteiger partial charge in [0.1, 0.15) is 0 Å². The lowest BCUT2D eigenvalue weighted by atomic mass is 10.1. The van der Waals surface area contributed by atoms with Crippen LogP contribution < -0.4 is 5.32 Å². The highest BCUT2D eigenvalue weighted by Gasteiger charge is 2.20. The summed E-state index contributed by atoms with van der Waals surface area (Å²) in [7, 11) is 3.24. The number of ketones is 1. The van der Waals surface area contributed by atoms with Crippen molar-refractivity contribution < 1.29 is 13.2 Å². The van der Waals surface area contributed by atoms with Crippen LogP contribution in [0.4, 0.5) is 0 Å². The summed E-state index contributed by atoms with van der Waals surface area (Å²) in [4.78, 5) is 14.7. The monoisotopic (exact) mass is 423 g/mol. The molecule has 0 spiro atoms. The number of hydrogen-bond donors (Lipinski definition) is 1. The van der Waals surface area contributed by atoms with Gasteiger partial charge in [-0.05, 0) is 37.9 Å². The first-order valence-corrected chi connectivity index (χ1v) is 10.6. The summed E-state index contributed by atoms with van der Waals surface area (Å²) in [5.74, 6) is -0.174. The van der Waals surface area contributed by atoms with Crippen LogP contribution in [-0.2, 0) is 10.0 Å². The highest BCUT2D eigenvalue weighted by atomic mass is 35.5. The van der Waals surface area contributed by atoms with Gasteiger partial charge in [0.15, 0.2) is 5.78 Å². The van der Waals surface area contributed by atoms with Gasteiger partial charge in [0.25, 0.3) is 0 Å². The molecule has 0 amide bonds. The van der Waals surface area contributed by atoms with Crippen LogP contribution >= 0.6 is 11.6 Å². The number of sulfonamides is 1. The second kappa shape index (κ2) is 9.62. The molecule has 28 heavy (non-hydrogen) atoms. The largest absolute Gasteiger partial charge is 0.308 e. The second-order valence-corrected chi connectivity index (χ2v) is 9.43. The molecule has 1 N–H and O–H groups in total. The van der Waals surface area contributed by atoms with Gasteiger partial charge in [-0.3, -0.25) is 4.79 Å². The number of carbonyl (C=O) groups excluding carboxylic acids is 1. The molecule has 0 bridgehead atoms. The van der Waals surface area contributed by atoms with E-state index in [-0.39, 0.29) is 23.3 Å². The topological polar surface area (TPSA) is 69.7 Å². The fourth-order valence-electron chi connectivity index (χ4n) is 2.78. The van der Waals surface area contributed by atoms with E-state index < -0.39 is 10.0 Å². The lowest BCUT2D eigenvalue weighted by Crippen LogP contribution is -2.34. The Morgan fingerprint density at radius 1 is 1.07 bits per heavy atom. The van der Waals surface area contributed by atoms with Gasteiger partial charge in [0.2, 0.25) is 10.0 Å². The molecule has 0 saturated heterocycles. The summed E-state index contributed by atoms with van der Waals surface area (Å²) in [5, 5.41) is 3.84. The Bertz CT molecular complexity index is 930. The van der Waals surface area contributed by atoms with Gasteiger partial charge < -0.3 is 10.2 Å². The van der Waals surface area contributed by atoms with Gasteiger partial charge in [0.05, 0.1) is 11.4 Å². The zero-order valence-electron chi connectivity index (χ0n) is 16.5. The molecular formula is C20H26ClN3O3S. The van der Waals surface area contributed by atoms with Crippen LogP contribution in [0.25, 0.3) is 0 Å². The number of halogens is 1. The van der Waals surface area contributed by atoms with Crippen molar-refractivity contribution in [1.82, 2.24) is 14.5 Å². The Kier molecular flexibility index (Phi) is 7.74. The summed E-state index contributed by atoms with van der Waals surface area (Å²) in [6.45, 7) is 0.623. The van der Waals surface area contributed by atoms with Gasteiger partial charge in [-0.25, -0.2) is 12.7 Å². The second-order valence-electron chi connectivity index (χ2n) is 6.87. The van der Waals surface area contributed by atoms with Gasteiger partial charge >= 0.3 is 0 Å². The van der Waals surface area contributed by atoms with E-state index >= 15 is 0 Å². The van der Waals surface area contributed by atoms with E-state index in [2.05, 4.69) is 5.32 Å². The first-order valence-electron chi connectivity index (χ1n) is 8.82. The van der Waals surface area contributed by atoms with Crippen molar-refractivity contribution in [3.05, 3.63) is 64.7 Å². The maximum absolute atomic E-state index is 12.5. The summed E-state index contributed by atoms with van der Waals surface area (Å²) >= 11 is 6.30. The molecule has 0 heterocycles. The van der Waals surface area contributed by atoms with Crippen LogP contribution in [0.5, 0.6) is 0 Å². The summed E-state index contributed by atoms with van der Waals surface area (Å²) in [6, 6.07) is 13.7. The summed E-state index contributed by atoms with van der Waals surface area (Å²) in [5.41, 5.74) is 1.34. The van der Waals surface area contributed by atoms with Crippen LogP contribution in [0.3, 0.4) is 0 Å². The van der Waals surface area contributed by atoms with E-state index in [0.717, 1.165) is 9.87 Å². The lowest BCUT2D eigenvalue weighted by molar-refractivity contribution is 0.0988. The van der Waals surface area contributed by atoms with Crippen molar-refractivity contribution in [2.75, 3.05) is 41.3 Å². The molecule has 0 saturated carbocycles. The molecule has 1 atom stereocenters. The molecule has 2 rings (SSSR count). The molecule has 0 aliphatic rings. The quantitative estimate of drug-likeness (QED) is 0.628. The molecule has 0 aliphatic heterocycles. The Morgan fingerprint density at radius 2 is 1.75 bits per heavy atom. The Balaban J connectivity index is 2.07. The third-order valence-corrected chi connectivity index (χ3v) is 6.60. The highest BCUT2D eigenvalue weighted by molar-refractivity contribution is 7.89. The SMILES string of the molecule is CN(C)C(CNCC(=O)c1cccc(S(=O)(=O)N(C)C)c1)c1ccccc1Cl. The molecule has 152 valence electrons. The molecule has 1 unspecified atom stereocenters. The van der Waals surface area contributed by atoms with Crippen LogP contribution in [-0.4, -0.2) is 64.7 Å². The van der Waals surface area contributed by atoms with Crippen molar-refractivity contribution in [2.24, 2.45) is 0 Å². The number of hydrogen-bond acceptors (Lipinski definition) is 5. The van der Waals surface area contributed by atoms with Crippen LogP contribution in [0, 0.1) is 0 Å². The van der Waals surface area contributed by atoms with E-state index in [0.29, 0.717) is 17.1 Å². The maximum Gasteiger partial charge on any atom is 0.242 e. The van der Waals surface area contributed by atoms with E-state index in [4.69, 9.17) is 11.6 Å². The molecule has 6 nitrogen and oxygen atoms in total. The predicted molar refractivity (Wildman–Crippen MR) is 112 cm³/mol. The molecule has 2 aromatic rings. The number of benzene rings is 2. The van der Waals surface area contributed by atoms with Crippen LogP contribution in [0.1, 0.15) is 22.0 Å². The number of rotatable bonds is 9. The van der Waals surface area contributed by atoms with Crippen molar-refractivity contribution in [1.29, 1.82) is 0 Å². The van der Waals surface area contributed by atoms with Gasteiger partial charge in [0, 0.05) is 37.3 Å². The van der Waals surface area contributed by atoms with Crippen molar-refractivity contribution in [3.63, 3.8) is 0 Å². The minimum atomic E-state index is -3.58. The molecular weight excluding hydrogens is 398 g/mol. The first-order chi connectivity index (χ1) is 13.1. The zero-order valence-corrected chi connectivity index (χ0v) is 18.1. The number of nitrogens with zero attached hydrogens (tertiary/aromatic N) is 2. The van der Waals surface area contributed by atoms with E-state index in [1.54, 1.807) is 12.1 Å². The van der Waals surface area contributed by atoms with Crippen molar-refractivity contribution in [3.8, 4) is 0 Å². The van der Waals surface area contributed by atoms with Gasteiger partial charge in [-0.2, -0.15) is 0 Å². The van der Waals surface area contributed by atoms with Gasteiger partial charge in [-0.15, -0.1) is 0 Å². The van der Waals surface area contributed by atoms with Crippen LogP contribution in [0.15, 0.2) is 53.4 Å². The standard InChI is InChI=1S/C20H26ClN3O3S/c1-23(2)19(17-10-5-6-11-18(17)21)13-22-14-20(25)15-8-7-9-16(12-15)28(26,27)24(3)4/h5-12,19,22H,13-14H2,1-4H3. The summed E-state index contributed by atoms with van der Waals surface area (Å²) in [6.07, 6.45) is 0. The third kappa shape index (κ3) is 5.40. The molecule has 0 aliphatic carbocycles. The minimum Gasteiger partial charge on any atom is -0.308 e. The normalized spacial score (nSPS) is 13.1. The predicted octanol–water partition coefficient (Wildman–Crippen LogP) is 2.67. The van der Waals surface area contributed by atoms with Crippen molar-refractivity contribution >= 4 is 27.4 Å². The van der Waals surface area contributed by atoms with E-state index in [9.17, 15) is 13.2 Å². The molecule has 0 fully saturated rings. The average molecular weight is 424 g/mol. The van der Waals surface area contributed by atoms with Crippen molar-refractivity contribution in [2.45, 2.75) is 10.9 Å². The number of carbonyl (C=O) groups is 1. The molecule has 0 radical (unpaired) electrons. The third-order valence-electron chi connectivity index (χ3n) is 4.45. The van der Waals surface area contributed by atoms with E-state index in [1.165, 1.54) is 26.2 Å². The number of nitrogens with one attached hydrogen (secondary N) is 1. The number of likely N-dealkylation sites (N-methyl/N-ethyl adjacent to an activating group) is 1. The summed E-state index contributed by atoms with van der Waals surface area (Å²) < 4.78 is 25.6. The fourth-order valence-corrected chi connectivity index (χ4v) is 3.99. The smallest absolute Gasteiger partial charge is 0.242 e. The Hall–Kier alpha value is -1.77. The zero-order chi connectivity index (χ0) is 20.9. The first kappa shape index (κ1) is 22.5. The Morgan fingerprint density at radius 3 is 2.36 bits per heavy atom. The number of Topliss-reactive ketones (excluding diaryl/α,β-unsaturated/α-hetero) is 1. The maximum atomic E-state index is 12.5. The minimum absolute atomic E-state index is 0.00181. The molecule has 0 aromatic heterocycles. The van der Waals surface area contributed by atoms with Gasteiger partial charge in [-0.1, -0.05) is 41.9 Å².